The van der Waals surface area contributed by atoms with Crippen molar-refractivity contribution >= 4 is 16.8 Å². The van der Waals surface area contributed by atoms with E-state index in [1.807, 2.05) is 44.2 Å². The fourth-order valence-electron chi connectivity index (χ4n) is 2.80. The number of rotatable bonds is 3. The average Bonchev–Trinajstić information content (AvgIpc) is 3.03. The summed E-state index contributed by atoms with van der Waals surface area (Å²) in [7, 11) is 0. The van der Waals surface area contributed by atoms with E-state index in [0.717, 1.165) is 10.9 Å². The Morgan fingerprint density at radius 3 is 2.71 bits per heavy atom. The fourth-order valence-corrected chi connectivity index (χ4v) is 2.80. The van der Waals surface area contributed by atoms with Crippen molar-refractivity contribution in [2.24, 2.45) is 0 Å². The number of aromatic nitrogens is 3. The van der Waals surface area contributed by atoms with E-state index in [0.29, 0.717) is 30.5 Å². The SMILES string of the molecule is CC(C)c1noc(C2CN(C(=O)c3ccc4ccccc4n3)C2)n1. The third kappa shape index (κ3) is 2.54. The van der Waals surface area contributed by atoms with Gasteiger partial charge >= 0.3 is 0 Å². The molecule has 0 bridgehead atoms. The van der Waals surface area contributed by atoms with Crippen LogP contribution in [0, 0.1) is 0 Å². The quantitative estimate of drug-likeness (QED) is 0.741. The number of likely N-dealkylation sites (tertiary alicyclic amines) is 1. The lowest BCUT2D eigenvalue weighted by Gasteiger charge is -2.36. The molecule has 1 aliphatic rings. The van der Waals surface area contributed by atoms with E-state index in [4.69, 9.17) is 4.52 Å². The topological polar surface area (TPSA) is 72.1 Å². The molecule has 1 aromatic carbocycles. The minimum Gasteiger partial charge on any atom is -0.339 e. The maximum Gasteiger partial charge on any atom is 0.272 e. The van der Waals surface area contributed by atoms with Crippen LogP contribution in [0.1, 0.15) is 47.9 Å². The fraction of sp³-hybridized carbons (Fsp3) is 0.333. The van der Waals surface area contributed by atoms with Crippen molar-refractivity contribution in [1.82, 2.24) is 20.0 Å². The largest absolute Gasteiger partial charge is 0.339 e. The molecule has 0 saturated carbocycles. The molecule has 122 valence electrons. The Morgan fingerprint density at radius 1 is 1.17 bits per heavy atom. The molecule has 4 rings (SSSR count). The number of carbonyl (C=O) groups is 1. The van der Waals surface area contributed by atoms with Crippen LogP contribution in [-0.2, 0) is 0 Å². The highest BCUT2D eigenvalue weighted by molar-refractivity contribution is 5.95. The molecule has 1 fully saturated rings. The lowest BCUT2D eigenvalue weighted by atomic mass is 9.99. The molecule has 3 heterocycles. The molecular weight excluding hydrogens is 304 g/mol. The molecule has 1 saturated heterocycles. The smallest absolute Gasteiger partial charge is 0.272 e. The zero-order valence-electron chi connectivity index (χ0n) is 13.6. The Labute approximate surface area is 139 Å². The first-order chi connectivity index (χ1) is 11.6. The number of carbonyl (C=O) groups excluding carboxylic acids is 1. The van der Waals surface area contributed by atoms with Crippen molar-refractivity contribution < 1.29 is 9.32 Å². The highest BCUT2D eigenvalue weighted by Gasteiger charge is 2.36. The Morgan fingerprint density at radius 2 is 1.96 bits per heavy atom. The van der Waals surface area contributed by atoms with Gasteiger partial charge in [0.2, 0.25) is 5.89 Å². The summed E-state index contributed by atoms with van der Waals surface area (Å²) in [6.07, 6.45) is 0. The monoisotopic (exact) mass is 322 g/mol. The third-order valence-corrected chi connectivity index (χ3v) is 4.31. The van der Waals surface area contributed by atoms with Gasteiger partial charge in [-0.25, -0.2) is 4.98 Å². The summed E-state index contributed by atoms with van der Waals surface area (Å²) in [6, 6.07) is 11.5. The van der Waals surface area contributed by atoms with Gasteiger partial charge in [0.05, 0.1) is 11.4 Å². The van der Waals surface area contributed by atoms with Crippen molar-refractivity contribution in [3.63, 3.8) is 0 Å². The number of fused-ring (bicyclic) bond motifs is 1. The lowest BCUT2D eigenvalue weighted by molar-refractivity contribution is 0.0563. The van der Waals surface area contributed by atoms with Crippen molar-refractivity contribution in [1.29, 1.82) is 0 Å². The standard InChI is InChI=1S/C18H18N4O2/c1-11(2)16-20-17(24-21-16)13-9-22(10-13)18(23)15-8-7-12-5-3-4-6-14(12)19-15/h3-8,11,13H,9-10H2,1-2H3. The molecule has 0 radical (unpaired) electrons. The molecule has 0 unspecified atom stereocenters. The van der Waals surface area contributed by atoms with Crippen molar-refractivity contribution in [3.05, 3.63) is 53.8 Å². The Hall–Kier alpha value is -2.76. The van der Waals surface area contributed by atoms with Gasteiger partial charge in [0.1, 0.15) is 5.69 Å². The van der Waals surface area contributed by atoms with Gasteiger partial charge in [-0.05, 0) is 12.1 Å². The lowest BCUT2D eigenvalue weighted by Crippen LogP contribution is -2.48. The first-order valence-corrected chi connectivity index (χ1v) is 8.10. The van der Waals surface area contributed by atoms with E-state index in [-0.39, 0.29) is 17.7 Å². The zero-order chi connectivity index (χ0) is 16.7. The second-order valence-corrected chi connectivity index (χ2v) is 6.44. The molecule has 6 heteroatoms. The second kappa shape index (κ2) is 5.70. The van der Waals surface area contributed by atoms with E-state index in [9.17, 15) is 4.79 Å². The number of pyridine rings is 1. The Balaban J connectivity index is 1.46. The Bertz CT molecular complexity index is 897. The number of hydrogen-bond donors (Lipinski definition) is 0. The van der Waals surface area contributed by atoms with Crippen LogP contribution < -0.4 is 0 Å². The second-order valence-electron chi connectivity index (χ2n) is 6.44. The van der Waals surface area contributed by atoms with Crippen LogP contribution in [0.25, 0.3) is 10.9 Å². The van der Waals surface area contributed by atoms with E-state index in [2.05, 4.69) is 15.1 Å². The van der Waals surface area contributed by atoms with E-state index in [1.54, 1.807) is 11.0 Å². The average molecular weight is 322 g/mol. The number of hydrogen-bond acceptors (Lipinski definition) is 5. The molecule has 0 spiro atoms. The summed E-state index contributed by atoms with van der Waals surface area (Å²) in [4.78, 5) is 23.2. The minimum atomic E-state index is -0.0550. The first kappa shape index (κ1) is 14.8. The van der Waals surface area contributed by atoms with Crippen molar-refractivity contribution in [2.45, 2.75) is 25.7 Å². The highest BCUT2D eigenvalue weighted by atomic mass is 16.5. The predicted octanol–water partition coefficient (Wildman–Crippen LogP) is 2.98. The first-order valence-electron chi connectivity index (χ1n) is 8.10. The maximum atomic E-state index is 12.6. The van der Waals surface area contributed by atoms with E-state index in [1.165, 1.54) is 0 Å². The van der Waals surface area contributed by atoms with Gasteiger partial charge in [-0.1, -0.05) is 43.3 Å². The summed E-state index contributed by atoms with van der Waals surface area (Å²) in [6.45, 7) is 5.23. The number of para-hydroxylation sites is 1. The zero-order valence-corrected chi connectivity index (χ0v) is 13.6. The van der Waals surface area contributed by atoms with Gasteiger partial charge in [-0.3, -0.25) is 4.79 Å². The molecule has 24 heavy (non-hydrogen) atoms. The van der Waals surface area contributed by atoms with Gasteiger partial charge in [0.25, 0.3) is 5.91 Å². The molecule has 1 aliphatic heterocycles. The van der Waals surface area contributed by atoms with Crippen LogP contribution in [0.2, 0.25) is 0 Å². The molecule has 0 N–H and O–H groups in total. The summed E-state index contributed by atoms with van der Waals surface area (Å²) < 4.78 is 5.31. The summed E-state index contributed by atoms with van der Waals surface area (Å²) in [5.41, 5.74) is 1.31. The van der Waals surface area contributed by atoms with Gasteiger partial charge in [0.15, 0.2) is 5.82 Å². The molecule has 6 nitrogen and oxygen atoms in total. The number of benzene rings is 1. The van der Waals surface area contributed by atoms with Crippen LogP contribution in [-0.4, -0.2) is 39.0 Å². The van der Waals surface area contributed by atoms with E-state index >= 15 is 0 Å². The van der Waals surface area contributed by atoms with Gasteiger partial charge in [-0.2, -0.15) is 4.98 Å². The summed E-state index contributed by atoms with van der Waals surface area (Å²) in [5.74, 6) is 1.64. The molecular formula is C18H18N4O2. The molecule has 1 amide bonds. The minimum absolute atomic E-state index is 0.0550. The molecule has 0 atom stereocenters. The normalized spacial score (nSPS) is 15.0. The van der Waals surface area contributed by atoms with Crippen LogP contribution >= 0.6 is 0 Å². The predicted molar refractivity (Wildman–Crippen MR) is 88.8 cm³/mol. The van der Waals surface area contributed by atoms with Crippen molar-refractivity contribution in [2.75, 3.05) is 13.1 Å². The van der Waals surface area contributed by atoms with Crippen LogP contribution in [0.3, 0.4) is 0 Å². The third-order valence-electron chi connectivity index (χ3n) is 4.31. The van der Waals surface area contributed by atoms with Gasteiger partial charge < -0.3 is 9.42 Å². The molecule has 2 aromatic heterocycles. The summed E-state index contributed by atoms with van der Waals surface area (Å²) in [5, 5.41) is 5.01. The number of amides is 1. The van der Waals surface area contributed by atoms with Crippen LogP contribution in [0.15, 0.2) is 40.9 Å². The molecule has 3 aromatic rings. The maximum absolute atomic E-state index is 12.6. The highest BCUT2D eigenvalue weighted by Crippen LogP contribution is 2.28. The molecule has 0 aliphatic carbocycles. The van der Waals surface area contributed by atoms with Crippen LogP contribution in [0.5, 0.6) is 0 Å². The van der Waals surface area contributed by atoms with Crippen LogP contribution in [0.4, 0.5) is 0 Å². The number of nitrogens with zero attached hydrogens (tertiary/aromatic N) is 4. The summed E-state index contributed by atoms with van der Waals surface area (Å²) >= 11 is 0. The van der Waals surface area contributed by atoms with E-state index < -0.39 is 0 Å². The van der Waals surface area contributed by atoms with Gasteiger partial charge in [-0.15, -0.1) is 0 Å². The Kier molecular flexibility index (Phi) is 3.52. The van der Waals surface area contributed by atoms with Crippen molar-refractivity contribution in [3.8, 4) is 0 Å². The van der Waals surface area contributed by atoms with Gasteiger partial charge in [0, 0.05) is 24.4 Å².